The van der Waals surface area contributed by atoms with Crippen molar-refractivity contribution in [2.24, 2.45) is 11.8 Å². The Kier molecular flexibility index (Phi) is 5.68. The molecule has 0 aliphatic heterocycles. The molecule has 1 nitrogen and oxygen atoms in total. The summed E-state index contributed by atoms with van der Waals surface area (Å²) in [5.74, 6) is 3.35. The molecule has 17 heavy (non-hydrogen) atoms. The number of thioether (sulfide) groups is 1. The third kappa shape index (κ3) is 4.82. The first kappa shape index (κ1) is 13.7. The van der Waals surface area contributed by atoms with Crippen molar-refractivity contribution < 1.29 is 0 Å². The molecule has 2 saturated carbocycles. The van der Waals surface area contributed by atoms with Crippen molar-refractivity contribution in [2.45, 2.75) is 70.1 Å². The van der Waals surface area contributed by atoms with Crippen LogP contribution in [-0.2, 0) is 0 Å². The molecule has 2 heteroatoms. The average molecular weight is 255 g/mol. The van der Waals surface area contributed by atoms with Gasteiger partial charge in [0.1, 0.15) is 0 Å². The summed E-state index contributed by atoms with van der Waals surface area (Å²) in [4.78, 5) is 0. The smallest absolute Gasteiger partial charge is 0.0186 e. The van der Waals surface area contributed by atoms with Crippen LogP contribution in [0, 0.1) is 11.8 Å². The lowest BCUT2D eigenvalue weighted by atomic mass is 9.91. The van der Waals surface area contributed by atoms with Crippen molar-refractivity contribution in [1.82, 2.24) is 5.32 Å². The highest BCUT2D eigenvalue weighted by Crippen LogP contribution is 2.37. The van der Waals surface area contributed by atoms with Gasteiger partial charge >= 0.3 is 0 Å². The van der Waals surface area contributed by atoms with E-state index in [2.05, 4.69) is 30.9 Å². The summed E-state index contributed by atoms with van der Waals surface area (Å²) in [5, 5.41) is 4.72. The number of hydrogen-bond donors (Lipinski definition) is 1. The predicted octanol–water partition coefficient (Wildman–Crippen LogP) is 4.08. The van der Waals surface area contributed by atoms with E-state index in [9.17, 15) is 0 Å². The zero-order chi connectivity index (χ0) is 12.1. The minimum absolute atomic E-state index is 0.817. The summed E-state index contributed by atoms with van der Waals surface area (Å²) in [6, 6.07) is 0.817. The van der Waals surface area contributed by atoms with E-state index in [1.165, 1.54) is 57.2 Å². The van der Waals surface area contributed by atoms with Gasteiger partial charge in [-0.1, -0.05) is 26.7 Å². The van der Waals surface area contributed by atoms with Crippen molar-refractivity contribution in [3.63, 3.8) is 0 Å². The highest BCUT2D eigenvalue weighted by molar-refractivity contribution is 7.99. The van der Waals surface area contributed by atoms with E-state index in [0.29, 0.717) is 0 Å². The molecule has 3 atom stereocenters. The molecule has 2 rings (SSSR count). The van der Waals surface area contributed by atoms with E-state index >= 15 is 0 Å². The van der Waals surface area contributed by atoms with Crippen LogP contribution in [0.5, 0.6) is 0 Å². The van der Waals surface area contributed by atoms with Crippen molar-refractivity contribution >= 4 is 11.8 Å². The zero-order valence-electron chi connectivity index (χ0n) is 11.6. The maximum absolute atomic E-state index is 3.76. The summed E-state index contributed by atoms with van der Waals surface area (Å²) in [6.07, 6.45) is 10.1. The standard InChI is InChI=1S/C15H29NS/c1-3-9-16-15(13-7-8-13)11-17-14-6-4-5-12(2)10-14/h12-16H,3-11H2,1-2H3. The predicted molar refractivity (Wildman–Crippen MR) is 78.7 cm³/mol. The largest absolute Gasteiger partial charge is 0.313 e. The topological polar surface area (TPSA) is 12.0 Å². The van der Waals surface area contributed by atoms with E-state index in [0.717, 1.165) is 23.1 Å². The normalized spacial score (nSPS) is 31.4. The van der Waals surface area contributed by atoms with Gasteiger partial charge in [-0.05, 0) is 50.5 Å². The molecule has 0 aromatic heterocycles. The molecule has 1 N–H and O–H groups in total. The summed E-state index contributed by atoms with van der Waals surface area (Å²) in [5.41, 5.74) is 0. The Morgan fingerprint density at radius 3 is 2.71 bits per heavy atom. The maximum atomic E-state index is 3.76. The fourth-order valence-corrected chi connectivity index (χ4v) is 4.63. The van der Waals surface area contributed by atoms with Crippen LogP contribution in [0.1, 0.15) is 58.8 Å². The van der Waals surface area contributed by atoms with Crippen LogP contribution in [0.3, 0.4) is 0 Å². The van der Waals surface area contributed by atoms with Gasteiger partial charge in [-0.3, -0.25) is 0 Å². The second-order valence-corrected chi connectivity index (χ2v) is 7.46. The fourth-order valence-electron chi connectivity index (χ4n) is 2.96. The molecular formula is C15H29NS. The lowest BCUT2D eigenvalue weighted by Gasteiger charge is -2.28. The van der Waals surface area contributed by atoms with Gasteiger partial charge in [0.25, 0.3) is 0 Å². The Hall–Kier alpha value is 0.310. The number of hydrogen-bond acceptors (Lipinski definition) is 2. The summed E-state index contributed by atoms with van der Waals surface area (Å²) in [7, 11) is 0. The van der Waals surface area contributed by atoms with Crippen LogP contribution in [0.15, 0.2) is 0 Å². The Balaban J connectivity index is 1.67. The zero-order valence-corrected chi connectivity index (χ0v) is 12.4. The minimum Gasteiger partial charge on any atom is -0.313 e. The summed E-state index contributed by atoms with van der Waals surface area (Å²) >= 11 is 2.27. The molecule has 0 bridgehead atoms. The van der Waals surface area contributed by atoms with Gasteiger partial charge < -0.3 is 5.32 Å². The van der Waals surface area contributed by atoms with E-state index in [1.807, 2.05) is 0 Å². The first-order valence-electron chi connectivity index (χ1n) is 7.64. The van der Waals surface area contributed by atoms with Crippen LogP contribution >= 0.6 is 11.8 Å². The lowest BCUT2D eigenvalue weighted by Crippen LogP contribution is -2.34. The number of rotatable bonds is 7. The molecule has 0 aromatic rings. The third-order valence-corrected chi connectivity index (χ3v) is 5.70. The summed E-state index contributed by atoms with van der Waals surface area (Å²) in [6.45, 7) is 5.91. The highest BCUT2D eigenvalue weighted by atomic mass is 32.2. The molecule has 0 aromatic carbocycles. The molecule has 0 heterocycles. The van der Waals surface area contributed by atoms with Crippen molar-refractivity contribution in [3.8, 4) is 0 Å². The quantitative estimate of drug-likeness (QED) is 0.736. The first-order valence-corrected chi connectivity index (χ1v) is 8.69. The second kappa shape index (κ2) is 7.04. The molecule has 2 fully saturated rings. The SMILES string of the molecule is CCCNC(CSC1CCCC(C)C1)C1CC1. The summed E-state index contributed by atoms with van der Waals surface area (Å²) < 4.78 is 0. The molecule has 0 spiro atoms. The van der Waals surface area contributed by atoms with Gasteiger partial charge in [0.05, 0.1) is 0 Å². The highest BCUT2D eigenvalue weighted by Gasteiger charge is 2.31. The number of nitrogens with one attached hydrogen (secondary N) is 1. The molecule has 2 aliphatic rings. The van der Waals surface area contributed by atoms with Gasteiger partial charge in [0.15, 0.2) is 0 Å². The van der Waals surface area contributed by atoms with Gasteiger partial charge in [0, 0.05) is 17.0 Å². The van der Waals surface area contributed by atoms with E-state index in [-0.39, 0.29) is 0 Å². The molecule has 3 unspecified atom stereocenters. The third-order valence-electron chi connectivity index (χ3n) is 4.25. The lowest BCUT2D eigenvalue weighted by molar-refractivity contribution is 0.393. The van der Waals surface area contributed by atoms with Gasteiger partial charge in [-0.2, -0.15) is 11.8 Å². The van der Waals surface area contributed by atoms with Gasteiger partial charge in [0.2, 0.25) is 0 Å². The maximum Gasteiger partial charge on any atom is 0.0186 e. The first-order chi connectivity index (χ1) is 8.29. The Labute approximate surface area is 112 Å². The van der Waals surface area contributed by atoms with Crippen LogP contribution in [-0.4, -0.2) is 23.6 Å². The van der Waals surface area contributed by atoms with Crippen molar-refractivity contribution in [1.29, 1.82) is 0 Å². The molecular weight excluding hydrogens is 226 g/mol. The van der Waals surface area contributed by atoms with Crippen LogP contribution in [0.2, 0.25) is 0 Å². The van der Waals surface area contributed by atoms with Crippen molar-refractivity contribution in [3.05, 3.63) is 0 Å². The van der Waals surface area contributed by atoms with E-state index in [4.69, 9.17) is 0 Å². The monoisotopic (exact) mass is 255 g/mol. The van der Waals surface area contributed by atoms with Crippen LogP contribution in [0.25, 0.3) is 0 Å². The molecule has 0 saturated heterocycles. The fraction of sp³-hybridized carbons (Fsp3) is 1.00. The van der Waals surface area contributed by atoms with Crippen LogP contribution < -0.4 is 5.32 Å². The van der Waals surface area contributed by atoms with Crippen LogP contribution in [0.4, 0.5) is 0 Å². The Morgan fingerprint density at radius 2 is 2.06 bits per heavy atom. The molecule has 0 amide bonds. The van der Waals surface area contributed by atoms with Gasteiger partial charge in [-0.15, -0.1) is 0 Å². The van der Waals surface area contributed by atoms with E-state index in [1.54, 1.807) is 0 Å². The molecule has 2 aliphatic carbocycles. The minimum atomic E-state index is 0.817. The average Bonchev–Trinajstić information content (AvgIpc) is 3.13. The van der Waals surface area contributed by atoms with Crippen molar-refractivity contribution in [2.75, 3.05) is 12.3 Å². The Morgan fingerprint density at radius 1 is 1.24 bits per heavy atom. The van der Waals surface area contributed by atoms with E-state index < -0.39 is 0 Å². The second-order valence-electron chi connectivity index (χ2n) is 6.13. The molecule has 0 radical (unpaired) electrons. The molecule has 100 valence electrons. The van der Waals surface area contributed by atoms with Gasteiger partial charge in [-0.25, -0.2) is 0 Å². The Bertz CT molecular complexity index is 215.